The van der Waals surface area contributed by atoms with Crippen molar-refractivity contribution in [2.45, 2.75) is 65.7 Å². The Morgan fingerprint density at radius 1 is 0.913 bits per heavy atom. The van der Waals surface area contributed by atoms with Crippen LogP contribution in [0.1, 0.15) is 74.4 Å². The van der Waals surface area contributed by atoms with E-state index in [1.807, 2.05) is 13.8 Å². The molecule has 0 heterocycles. The summed E-state index contributed by atoms with van der Waals surface area (Å²) in [6, 6.07) is 0. The zero-order valence-corrected chi connectivity index (χ0v) is 14.3. The second-order valence-electron chi connectivity index (χ2n) is 5.63. The summed E-state index contributed by atoms with van der Waals surface area (Å²) >= 11 is 0. The number of ether oxygens (including phenoxy) is 1. The van der Waals surface area contributed by atoms with E-state index in [9.17, 15) is 20.1 Å². The van der Waals surface area contributed by atoms with Crippen LogP contribution in [-0.4, -0.2) is 27.9 Å². The smallest absolute Gasteiger partial charge is 0.343 e. The number of aromatic hydroxyl groups is 2. The number of carbonyl (C=O) groups is 1. The van der Waals surface area contributed by atoms with E-state index in [2.05, 4.69) is 6.92 Å². The van der Waals surface area contributed by atoms with E-state index >= 15 is 0 Å². The van der Waals surface area contributed by atoms with Crippen molar-refractivity contribution in [1.82, 2.24) is 0 Å². The summed E-state index contributed by atoms with van der Waals surface area (Å²) in [5, 5.41) is 29.5. The van der Waals surface area contributed by atoms with Crippen molar-refractivity contribution in [3.05, 3.63) is 16.7 Å². The summed E-state index contributed by atoms with van der Waals surface area (Å²) in [5.74, 6) is -2.05. The first-order valence-electron chi connectivity index (χ1n) is 8.45. The molecule has 0 atom stereocenters. The van der Waals surface area contributed by atoms with Gasteiger partial charge in [-0.15, -0.1) is 0 Å². The molecule has 0 aliphatic rings. The first-order valence-corrected chi connectivity index (χ1v) is 8.45. The number of phenolic OH excluding ortho intramolecular Hbond substituents is 1. The fourth-order valence-electron chi connectivity index (χ4n) is 2.79. The lowest BCUT2D eigenvalue weighted by Crippen LogP contribution is -2.10. The van der Waals surface area contributed by atoms with Gasteiger partial charge in [0.1, 0.15) is 11.3 Å². The van der Waals surface area contributed by atoms with Crippen molar-refractivity contribution in [3.63, 3.8) is 0 Å². The summed E-state index contributed by atoms with van der Waals surface area (Å²) in [6.45, 7) is 6.28. The second kappa shape index (κ2) is 9.28. The number of phenols is 2. The Morgan fingerprint density at radius 3 is 2.04 bits per heavy atom. The number of rotatable bonds is 10. The van der Waals surface area contributed by atoms with E-state index < -0.39 is 11.7 Å². The van der Waals surface area contributed by atoms with Crippen LogP contribution in [0.2, 0.25) is 0 Å². The number of carboxylic acid groups (broad SMARTS) is 1. The third-order valence-corrected chi connectivity index (χ3v) is 4.03. The molecule has 0 bridgehead atoms. The zero-order valence-electron chi connectivity index (χ0n) is 14.3. The van der Waals surface area contributed by atoms with Gasteiger partial charge in [0.05, 0.1) is 6.61 Å². The van der Waals surface area contributed by atoms with E-state index in [4.69, 9.17) is 4.74 Å². The summed E-state index contributed by atoms with van der Waals surface area (Å²) in [6.07, 6.45) is 6.37. The van der Waals surface area contributed by atoms with Crippen LogP contribution in [0.4, 0.5) is 0 Å². The van der Waals surface area contributed by atoms with Crippen LogP contribution in [0, 0.1) is 0 Å². The van der Waals surface area contributed by atoms with Gasteiger partial charge in [-0.3, -0.25) is 0 Å². The number of aromatic carboxylic acids is 1. The van der Waals surface area contributed by atoms with Crippen LogP contribution in [0.15, 0.2) is 0 Å². The van der Waals surface area contributed by atoms with Crippen LogP contribution in [0.5, 0.6) is 17.2 Å². The standard InChI is InChI=1S/C18H28O5/c1-4-7-8-9-10-11-23-17-13(6-3)12(5-2)15(19)16(20)14(17)18(21)22/h19-20H,4-11H2,1-3H3,(H,21,22). The molecule has 0 spiro atoms. The highest BCUT2D eigenvalue weighted by atomic mass is 16.5. The number of hydrogen-bond acceptors (Lipinski definition) is 4. The van der Waals surface area contributed by atoms with Gasteiger partial charge in [0.25, 0.3) is 0 Å². The topological polar surface area (TPSA) is 87.0 Å². The molecule has 0 aromatic heterocycles. The minimum atomic E-state index is -1.30. The summed E-state index contributed by atoms with van der Waals surface area (Å²) in [7, 11) is 0. The summed E-state index contributed by atoms with van der Waals surface area (Å²) in [4.78, 5) is 11.5. The normalized spacial score (nSPS) is 10.7. The van der Waals surface area contributed by atoms with Gasteiger partial charge < -0.3 is 20.1 Å². The largest absolute Gasteiger partial charge is 0.504 e. The van der Waals surface area contributed by atoms with Crippen LogP contribution in [0.25, 0.3) is 0 Å². The van der Waals surface area contributed by atoms with Crippen molar-refractivity contribution in [1.29, 1.82) is 0 Å². The Morgan fingerprint density at radius 2 is 1.52 bits per heavy atom. The van der Waals surface area contributed by atoms with Crippen LogP contribution in [-0.2, 0) is 12.8 Å². The second-order valence-corrected chi connectivity index (χ2v) is 5.63. The summed E-state index contributed by atoms with van der Waals surface area (Å²) < 4.78 is 5.73. The third kappa shape index (κ3) is 4.53. The molecule has 1 aromatic rings. The van der Waals surface area contributed by atoms with Crippen molar-refractivity contribution in [2.75, 3.05) is 6.61 Å². The maximum absolute atomic E-state index is 11.5. The van der Waals surface area contributed by atoms with E-state index in [1.54, 1.807) is 0 Å². The maximum atomic E-state index is 11.5. The van der Waals surface area contributed by atoms with Gasteiger partial charge >= 0.3 is 5.97 Å². The molecule has 0 aliphatic heterocycles. The molecular weight excluding hydrogens is 296 g/mol. The lowest BCUT2D eigenvalue weighted by Gasteiger charge is -2.19. The van der Waals surface area contributed by atoms with E-state index in [1.165, 1.54) is 6.42 Å². The molecule has 0 amide bonds. The summed E-state index contributed by atoms with van der Waals surface area (Å²) in [5.41, 5.74) is 0.870. The molecule has 23 heavy (non-hydrogen) atoms. The predicted molar refractivity (Wildman–Crippen MR) is 89.7 cm³/mol. The molecular formula is C18H28O5. The van der Waals surface area contributed by atoms with Gasteiger partial charge in [-0.25, -0.2) is 4.79 Å². The minimum Gasteiger partial charge on any atom is -0.504 e. The van der Waals surface area contributed by atoms with Gasteiger partial charge in [0.15, 0.2) is 11.5 Å². The molecule has 3 N–H and O–H groups in total. The number of unbranched alkanes of at least 4 members (excludes halogenated alkanes) is 4. The SMILES string of the molecule is CCCCCCCOc1c(CC)c(CC)c(O)c(O)c1C(=O)O. The third-order valence-electron chi connectivity index (χ3n) is 4.03. The van der Waals surface area contributed by atoms with Gasteiger partial charge in [0, 0.05) is 11.1 Å². The average molecular weight is 324 g/mol. The average Bonchev–Trinajstić information content (AvgIpc) is 2.52. The molecule has 0 radical (unpaired) electrons. The fraction of sp³-hybridized carbons (Fsp3) is 0.611. The first-order chi connectivity index (χ1) is 11.0. The highest BCUT2D eigenvalue weighted by Crippen LogP contribution is 2.43. The highest BCUT2D eigenvalue weighted by Gasteiger charge is 2.27. The quantitative estimate of drug-likeness (QED) is 0.442. The molecule has 0 fully saturated rings. The zero-order chi connectivity index (χ0) is 17.4. The number of carboxylic acids is 1. The molecule has 5 nitrogen and oxygen atoms in total. The lowest BCUT2D eigenvalue weighted by atomic mass is 9.96. The van der Waals surface area contributed by atoms with Crippen molar-refractivity contribution < 1.29 is 24.9 Å². The lowest BCUT2D eigenvalue weighted by molar-refractivity contribution is 0.0687. The van der Waals surface area contributed by atoms with Crippen molar-refractivity contribution in [3.8, 4) is 17.2 Å². The van der Waals surface area contributed by atoms with Crippen LogP contribution < -0.4 is 4.74 Å². The predicted octanol–water partition coefficient (Wildman–Crippen LogP) is 4.27. The van der Waals surface area contributed by atoms with Crippen LogP contribution in [0.3, 0.4) is 0 Å². The molecule has 1 rings (SSSR count). The highest BCUT2D eigenvalue weighted by molar-refractivity contribution is 5.96. The molecule has 5 heteroatoms. The molecule has 130 valence electrons. The van der Waals surface area contributed by atoms with Gasteiger partial charge in [-0.05, 0) is 19.3 Å². The van der Waals surface area contributed by atoms with Crippen molar-refractivity contribution >= 4 is 5.97 Å². The first kappa shape index (κ1) is 19.1. The molecule has 0 saturated carbocycles. The Kier molecular flexibility index (Phi) is 7.72. The van der Waals surface area contributed by atoms with Gasteiger partial charge in [-0.2, -0.15) is 0 Å². The van der Waals surface area contributed by atoms with Crippen molar-refractivity contribution in [2.24, 2.45) is 0 Å². The fourth-order valence-corrected chi connectivity index (χ4v) is 2.79. The number of hydrogen-bond donors (Lipinski definition) is 3. The number of benzene rings is 1. The van der Waals surface area contributed by atoms with Gasteiger partial charge in [-0.1, -0.05) is 46.5 Å². The monoisotopic (exact) mass is 324 g/mol. The molecule has 0 saturated heterocycles. The molecule has 0 aliphatic carbocycles. The Labute approximate surface area is 137 Å². The minimum absolute atomic E-state index is 0.197. The Hall–Kier alpha value is -1.91. The Balaban J connectivity index is 3.07. The van der Waals surface area contributed by atoms with E-state index in [0.29, 0.717) is 30.6 Å². The van der Waals surface area contributed by atoms with Crippen LogP contribution >= 0.6 is 0 Å². The maximum Gasteiger partial charge on any atom is 0.343 e. The Bertz CT molecular complexity index is 537. The van der Waals surface area contributed by atoms with E-state index in [0.717, 1.165) is 25.7 Å². The molecule has 0 unspecified atom stereocenters. The van der Waals surface area contributed by atoms with E-state index in [-0.39, 0.29) is 17.1 Å². The molecule has 1 aromatic carbocycles. The van der Waals surface area contributed by atoms with Gasteiger partial charge in [0.2, 0.25) is 0 Å².